The molecule has 0 heterocycles. The van der Waals surface area contributed by atoms with Gasteiger partial charge in [-0.25, -0.2) is 4.79 Å². The summed E-state index contributed by atoms with van der Waals surface area (Å²) in [5.41, 5.74) is 1.19. The highest BCUT2D eigenvalue weighted by atomic mass is 19.4. The number of nitrogens with one attached hydrogen (secondary N) is 2. The molecule has 0 spiro atoms. The summed E-state index contributed by atoms with van der Waals surface area (Å²) in [7, 11) is 0. The van der Waals surface area contributed by atoms with Gasteiger partial charge in [0, 0.05) is 24.7 Å². The second kappa shape index (κ2) is 10.9. The average Bonchev–Trinajstić information content (AvgIpc) is 2.69. The topological polar surface area (TPSA) is 76.7 Å². The molecule has 0 aliphatic carbocycles. The molecule has 2 rings (SSSR count). The van der Waals surface area contributed by atoms with Crippen LogP contribution in [0.15, 0.2) is 54.6 Å². The Hall–Kier alpha value is -3.23. The summed E-state index contributed by atoms with van der Waals surface area (Å²) in [6.07, 6.45) is -4.53. The molecule has 2 amide bonds. The molecule has 2 N–H and O–H groups in total. The summed E-state index contributed by atoms with van der Waals surface area (Å²) in [5.74, 6) is -0.333. The normalized spacial score (nSPS) is 10.9. The number of alkyl carbamates (subject to hydrolysis) is 1. The lowest BCUT2D eigenvalue weighted by Gasteiger charge is -2.11. The number of carbonyl (C=O) groups excluding carboxylic acids is 2. The number of hydrogen-bond acceptors (Lipinski definition) is 4. The van der Waals surface area contributed by atoms with Crippen molar-refractivity contribution in [1.82, 2.24) is 5.32 Å². The average molecular weight is 410 g/mol. The standard InChI is InChI=1S/C20H21F3N2O4/c21-20(22,23)14-29-17-9-4-8-16(12-17)25-18(26)10-5-11-24-19(27)28-13-15-6-2-1-3-7-15/h1-4,6-9,12H,5,10-11,13-14H2,(H,24,27)(H,25,26). The van der Waals surface area contributed by atoms with Gasteiger partial charge in [0.2, 0.25) is 5.91 Å². The van der Waals surface area contributed by atoms with Gasteiger partial charge in [-0.15, -0.1) is 0 Å². The predicted octanol–water partition coefficient (Wildman–Crippen LogP) is 4.27. The van der Waals surface area contributed by atoms with Gasteiger partial charge in [-0.05, 0) is 24.1 Å². The Labute approximate surface area is 166 Å². The first kappa shape index (κ1) is 22.1. The zero-order chi connectivity index (χ0) is 21.1. The lowest BCUT2D eigenvalue weighted by molar-refractivity contribution is -0.153. The Kier molecular flexibility index (Phi) is 8.32. The molecule has 9 heteroatoms. The Morgan fingerprint density at radius 2 is 1.76 bits per heavy atom. The van der Waals surface area contributed by atoms with Crippen LogP contribution in [-0.4, -0.2) is 31.3 Å². The number of anilines is 1. The van der Waals surface area contributed by atoms with Crippen LogP contribution in [0.1, 0.15) is 18.4 Å². The van der Waals surface area contributed by atoms with Gasteiger partial charge in [-0.3, -0.25) is 4.79 Å². The fourth-order valence-electron chi connectivity index (χ4n) is 2.27. The molecule has 29 heavy (non-hydrogen) atoms. The van der Waals surface area contributed by atoms with Crippen LogP contribution in [0, 0.1) is 0 Å². The summed E-state index contributed by atoms with van der Waals surface area (Å²) in [5, 5.41) is 5.11. The SMILES string of the molecule is O=C(CCCNC(=O)OCc1ccccc1)Nc1cccc(OCC(F)(F)F)c1. The molecule has 0 atom stereocenters. The van der Waals surface area contributed by atoms with Gasteiger partial charge in [0.15, 0.2) is 6.61 Å². The second-order valence-corrected chi connectivity index (χ2v) is 6.07. The Morgan fingerprint density at radius 3 is 2.48 bits per heavy atom. The highest BCUT2D eigenvalue weighted by Gasteiger charge is 2.28. The molecule has 0 bridgehead atoms. The third-order valence-electron chi connectivity index (χ3n) is 3.58. The Morgan fingerprint density at radius 1 is 1.00 bits per heavy atom. The first-order valence-electron chi connectivity index (χ1n) is 8.86. The first-order valence-corrected chi connectivity index (χ1v) is 8.86. The summed E-state index contributed by atoms with van der Waals surface area (Å²) in [6, 6.07) is 14.9. The lowest BCUT2D eigenvalue weighted by atomic mass is 10.2. The maximum Gasteiger partial charge on any atom is 0.422 e. The van der Waals surface area contributed by atoms with Crippen LogP contribution in [-0.2, 0) is 16.1 Å². The van der Waals surface area contributed by atoms with E-state index in [1.165, 1.54) is 24.3 Å². The largest absolute Gasteiger partial charge is 0.484 e. The zero-order valence-corrected chi connectivity index (χ0v) is 15.5. The molecule has 0 fully saturated rings. The van der Waals surface area contributed by atoms with Gasteiger partial charge in [0.1, 0.15) is 12.4 Å². The third-order valence-corrected chi connectivity index (χ3v) is 3.58. The highest BCUT2D eigenvalue weighted by Crippen LogP contribution is 2.21. The molecule has 0 aliphatic rings. The number of carbonyl (C=O) groups is 2. The van der Waals surface area contributed by atoms with Crippen LogP contribution in [0.3, 0.4) is 0 Å². The maximum absolute atomic E-state index is 12.2. The molecule has 0 unspecified atom stereocenters. The number of ether oxygens (including phenoxy) is 2. The summed E-state index contributed by atoms with van der Waals surface area (Å²) in [4.78, 5) is 23.5. The van der Waals surface area contributed by atoms with Gasteiger partial charge in [-0.2, -0.15) is 13.2 Å². The minimum absolute atomic E-state index is 0.00273. The minimum Gasteiger partial charge on any atom is -0.484 e. The third kappa shape index (κ3) is 9.50. The molecule has 0 aromatic heterocycles. The monoisotopic (exact) mass is 410 g/mol. The number of benzene rings is 2. The number of alkyl halides is 3. The molecule has 6 nitrogen and oxygen atoms in total. The summed E-state index contributed by atoms with van der Waals surface area (Å²) < 4.78 is 46.2. The molecule has 0 aliphatic heterocycles. The van der Waals surface area contributed by atoms with Crippen LogP contribution in [0.2, 0.25) is 0 Å². The summed E-state index contributed by atoms with van der Waals surface area (Å²) in [6.45, 7) is -1.01. The fraction of sp³-hybridized carbons (Fsp3) is 0.300. The van der Waals surface area contributed by atoms with Gasteiger partial charge in [-0.1, -0.05) is 36.4 Å². The molecule has 0 saturated carbocycles. The van der Waals surface area contributed by atoms with Crippen molar-refractivity contribution < 1.29 is 32.2 Å². The van der Waals surface area contributed by atoms with Crippen LogP contribution >= 0.6 is 0 Å². The van der Waals surface area contributed by atoms with E-state index in [0.29, 0.717) is 12.1 Å². The fourth-order valence-corrected chi connectivity index (χ4v) is 2.27. The summed E-state index contributed by atoms with van der Waals surface area (Å²) >= 11 is 0. The number of amides is 2. The first-order chi connectivity index (χ1) is 13.8. The van der Waals surface area contributed by atoms with Crippen molar-refractivity contribution in [2.24, 2.45) is 0 Å². The molecular weight excluding hydrogens is 389 g/mol. The second-order valence-electron chi connectivity index (χ2n) is 6.07. The van der Waals surface area contributed by atoms with Crippen molar-refractivity contribution >= 4 is 17.7 Å². The van der Waals surface area contributed by atoms with E-state index in [1.54, 1.807) is 0 Å². The van der Waals surface area contributed by atoms with Crippen molar-refractivity contribution in [3.8, 4) is 5.75 Å². The van der Waals surface area contributed by atoms with E-state index in [0.717, 1.165) is 5.56 Å². The number of hydrogen-bond donors (Lipinski definition) is 2. The van der Waals surface area contributed by atoms with Crippen molar-refractivity contribution in [3.63, 3.8) is 0 Å². The predicted molar refractivity (Wildman–Crippen MR) is 100 cm³/mol. The van der Waals surface area contributed by atoms with E-state index in [9.17, 15) is 22.8 Å². The minimum atomic E-state index is -4.44. The van der Waals surface area contributed by atoms with Crippen LogP contribution in [0.25, 0.3) is 0 Å². The van der Waals surface area contributed by atoms with E-state index < -0.39 is 18.9 Å². The molecule has 0 saturated heterocycles. The van der Waals surface area contributed by atoms with Crippen LogP contribution < -0.4 is 15.4 Å². The van der Waals surface area contributed by atoms with E-state index in [1.807, 2.05) is 30.3 Å². The van der Waals surface area contributed by atoms with Gasteiger partial charge in [0.25, 0.3) is 0 Å². The smallest absolute Gasteiger partial charge is 0.422 e. The van der Waals surface area contributed by atoms with E-state index in [4.69, 9.17) is 4.74 Å². The van der Waals surface area contributed by atoms with Crippen molar-refractivity contribution in [1.29, 1.82) is 0 Å². The van der Waals surface area contributed by atoms with E-state index in [-0.39, 0.29) is 31.2 Å². The van der Waals surface area contributed by atoms with Gasteiger partial charge in [0.05, 0.1) is 0 Å². The maximum atomic E-state index is 12.2. The van der Waals surface area contributed by atoms with Crippen LogP contribution in [0.5, 0.6) is 5.75 Å². The number of halogens is 3. The Balaban J connectivity index is 1.63. The van der Waals surface area contributed by atoms with Gasteiger partial charge >= 0.3 is 12.3 Å². The quantitative estimate of drug-likeness (QED) is 0.606. The highest BCUT2D eigenvalue weighted by molar-refractivity contribution is 5.90. The van der Waals surface area contributed by atoms with Crippen molar-refractivity contribution in [3.05, 3.63) is 60.2 Å². The lowest BCUT2D eigenvalue weighted by Crippen LogP contribution is -2.26. The molecule has 156 valence electrons. The van der Waals surface area contributed by atoms with E-state index in [2.05, 4.69) is 15.4 Å². The van der Waals surface area contributed by atoms with Crippen molar-refractivity contribution in [2.45, 2.75) is 25.6 Å². The molecule has 0 radical (unpaired) electrons. The Bertz CT molecular complexity index is 798. The molecular formula is C20H21F3N2O4. The zero-order valence-electron chi connectivity index (χ0n) is 15.5. The molecule has 2 aromatic rings. The van der Waals surface area contributed by atoms with Gasteiger partial charge < -0.3 is 20.1 Å². The molecule has 2 aromatic carbocycles. The van der Waals surface area contributed by atoms with Crippen molar-refractivity contribution in [2.75, 3.05) is 18.5 Å². The number of rotatable bonds is 9. The van der Waals surface area contributed by atoms with Crippen LogP contribution in [0.4, 0.5) is 23.7 Å². The van der Waals surface area contributed by atoms with E-state index >= 15 is 0 Å².